The Kier molecular flexibility index (Phi) is 4.15. The number of carbonyl (C=O) groups excluding carboxylic acids is 1. The van der Waals surface area contributed by atoms with Gasteiger partial charge < -0.3 is 15.0 Å². The Hall–Kier alpha value is -0.770. The summed E-state index contributed by atoms with van der Waals surface area (Å²) in [5.41, 5.74) is -0.401. The van der Waals surface area contributed by atoms with E-state index in [0.29, 0.717) is 12.1 Å². The van der Waals surface area contributed by atoms with Crippen LogP contribution < -0.4 is 5.32 Å². The van der Waals surface area contributed by atoms with Crippen LogP contribution in [0, 0.1) is 0 Å². The van der Waals surface area contributed by atoms with Gasteiger partial charge in [0, 0.05) is 12.6 Å². The third-order valence-corrected chi connectivity index (χ3v) is 3.74. The number of nitrogens with one attached hydrogen (secondary N) is 1. The molecule has 0 bridgehead atoms. The summed E-state index contributed by atoms with van der Waals surface area (Å²) >= 11 is 0. The van der Waals surface area contributed by atoms with E-state index in [1.54, 1.807) is 0 Å². The number of carbonyl (C=O) groups is 1. The van der Waals surface area contributed by atoms with Crippen LogP contribution >= 0.6 is 0 Å². The first-order chi connectivity index (χ1) is 8.47. The minimum Gasteiger partial charge on any atom is -0.444 e. The normalized spacial score (nSPS) is 29.4. The molecule has 2 rings (SSSR count). The summed E-state index contributed by atoms with van der Waals surface area (Å²) in [6.45, 7) is 7.72. The lowest BCUT2D eigenvalue weighted by Crippen LogP contribution is -2.53. The number of likely N-dealkylation sites (tertiary alicyclic amines) is 1. The highest BCUT2D eigenvalue weighted by Gasteiger charge is 2.36. The Bertz CT molecular complexity index is 293. The molecule has 2 atom stereocenters. The first-order valence-corrected chi connectivity index (χ1v) is 7.20. The Morgan fingerprint density at radius 1 is 1.22 bits per heavy atom. The second-order valence-electron chi connectivity index (χ2n) is 6.44. The largest absolute Gasteiger partial charge is 0.444 e. The quantitative estimate of drug-likeness (QED) is 0.782. The van der Waals surface area contributed by atoms with E-state index in [1.807, 2.05) is 25.7 Å². The second kappa shape index (κ2) is 5.47. The fraction of sp³-hybridized carbons (Fsp3) is 0.929. The summed E-state index contributed by atoms with van der Waals surface area (Å²) in [6, 6.07) is 0.800. The molecule has 104 valence electrons. The Balaban J connectivity index is 2.00. The van der Waals surface area contributed by atoms with Gasteiger partial charge >= 0.3 is 6.09 Å². The molecule has 18 heavy (non-hydrogen) atoms. The van der Waals surface area contributed by atoms with Crippen LogP contribution in [0.1, 0.15) is 52.9 Å². The molecule has 2 heterocycles. The van der Waals surface area contributed by atoms with Gasteiger partial charge in [-0.1, -0.05) is 0 Å². The average Bonchev–Trinajstić information content (AvgIpc) is 2.80. The van der Waals surface area contributed by atoms with E-state index in [1.165, 1.54) is 19.3 Å². The summed E-state index contributed by atoms with van der Waals surface area (Å²) in [6.07, 6.45) is 5.70. The van der Waals surface area contributed by atoms with E-state index in [-0.39, 0.29) is 6.09 Å². The highest BCUT2D eigenvalue weighted by molar-refractivity contribution is 5.68. The molecule has 2 fully saturated rings. The number of hydrogen-bond donors (Lipinski definition) is 1. The van der Waals surface area contributed by atoms with E-state index in [0.717, 1.165) is 25.9 Å². The van der Waals surface area contributed by atoms with Crippen molar-refractivity contribution < 1.29 is 9.53 Å². The Morgan fingerprint density at radius 2 is 2.00 bits per heavy atom. The molecular weight excluding hydrogens is 228 g/mol. The molecule has 0 aromatic heterocycles. The van der Waals surface area contributed by atoms with Crippen molar-refractivity contribution in [3.05, 3.63) is 0 Å². The maximum absolute atomic E-state index is 12.3. The van der Waals surface area contributed by atoms with Crippen molar-refractivity contribution in [2.75, 3.05) is 13.1 Å². The van der Waals surface area contributed by atoms with Crippen molar-refractivity contribution in [2.45, 2.75) is 70.6 Å². The van der Waals surface area contributed by atoms with Crippen LogP contribution in [0.4, 0.5) is 4.79 Å². The summed E-state index contributed by atoms with van der Waals surface area (Å²) in [5, 5.41) is 3.52. The second-order valence-corrected chi connectivity index (χ2v) is 6.44. The molecule has 1 amide bonds. The summed E-state index contributed by atoms with van der Waals surface area (Å²) in [4.78, 5) is 14.2. The number of piperidine rings is 1. The molecule has 0 radical (unpaired) electrons. The number of nitrogens with zero attached hydrogens (tertiary/aromatic N) is 1. The van der Waals surface area contributed by atoms with Crippen molar-refractivity contribution in [3.63, 3.8) is 0 Å². The molecule has 1 N–H and O–H groups in total. The van der Waals surface area contributed by atoms with Crippen molar-refractivity contribution in [1.29, 1.82) is 0 Å². The molecule has 0 saturated carbocycles. The standard InChI is InChI=1S/C14H26N2O2/c1-14(2,3)18-13(17)16-10-5-4-8-12(16)11-7-6-9-15-11/h11-12,15H,4-10H2,1-3H3. The van der Waals surface area contributed by atoms with Gasteiger partial charge in [-0.05, 0) is 59.4 Å². The number of hydrogen-bond acceptors (Lipinski definition) is 3. The number of amides is 1. The van der Waals surface area contributed by atoms with Crippen LogP contribution in [0.5, 0.6) is 0 Å². The van der Waals surface area contributed by atoms with Crippen molar-refractivity contribution in [1.82, 2.24) is 10.2 Å². The van der Waals surface area contributed by atoms with Crippen LogP contribution in [0.25, 0.3) is 0 Å². The molecule has 2 aliphatic heterocycles. The molecule has 2 aliphatic rings. The lowest BCUT2D eigenvalue weighted by molar-refractivity contribution is 0.00567. The fourth-order valence-corrected chi connectivity index (χ4v) is 2.96. The lowest BCUT2D eigenvalue weighted by Gasteiger charge is -2.39. The first kappa shape index (κ1) is 13.7. The van der Waals surface area contributed by atoms with Gasteiger partial charge in [-0.15, -0.1) is 0 Å². The molecule has 0 aromatic carbocycles. The maximum atomic E-state index is 12.3. The molecule has 0 aliphatic carbocycles. The SMILES string of the molecule is CC(C)(C)OC(=O)N1CCCCC1C1CCCN1. The maximum Gasteiger partial charge on any atom is 0.410 e. The van der Waals surface area contributed by atoms with Crippen LogP contribution in [-0.4, -0.2) is 41.8 Å². The Labute approximate surface area is 110 Å². The zero-order chi connectivity index (χ0) is 13.2. The average molecular weight is 254 g/mol. The van der Waals surface area contributed by atoms with Crippen LogP contribution in [0.2, 0.25) is 0 Å². The molecular formula is C14H26N2O2. The van der Waals surface area contributed by atoms with Gasteiger partial charge in [0.25, 0.3) is 0 Å². The minimum absolute atomic E-state index is 0.138. The highest BCUT2D eigenvalue weighted by atomic mass is 16.6. The molecule has 0 spiro atoms. The van der Waals surface area contributed by atoms with Gasteiger partial charge in [0.1, 0.15) is 5.60 Å². The zero-order valence-corrected chi connectivity index (χ0v) is 11.9. The van der Waals surface area contributed by atoms with Crippen molar-refractivity contribution in [2.24, 2.45) is 0 Å². The summed E-state index contributed by atoms with van der Waals surface area (Å²) < 4.78 is 5.53. The topological polar surface area (TPSA) is 41.6 Å². The van der Waals surface area contributed by atoms with Crippen LogP contribution in [0.3, 0.4) is 0 Å². The van der Waals surface area contributed by atoms with Gasteiger partial charge in [0.15, 0.2) is 0 Å². The first-order valence-electron chi connectivity index (χ1n) is 7.20. The van der Waals surface area contributed by atoms with Crippen LogP contribution in [0.15, 0.2) is 0 Å². The van der Waals surface area contributed by atoms with E-state index in [2.05, 4.69) is 5.32 Å². The predicted molar refractivity (Wildman–Crippen MR) is 71.6 cm³/mol. The van der Waals surface area contributed by atoms with E-state index < -0.39 is 5.60 Å². The van der Waals surface area contributed by atoms with Crippen molar-refractivity contribution >= 4 is 6.09 Å². The van der Waals surface area contributed by atoms with E-state index in [4.69, 9.17) is 4.74 Å². The summed E-state index contributed by atoms with van der Waals surface area (Å²) in [5.74, 6) is 0. The lowest BCUT2D eigenvalue weighted by atomic mass is 9.95. The van der Waals surface area contributed by atoms with Crippen LogP contribution in [-0.2, 0) is 4.74 Å². The number of rotatable bonds is 1. The van der Waals surface area contributed by atoms with Crippen molar-refractivity contribution in [3.8, 4) is 0 Å². The third-order valence-electron chi connectivity index (χ3n) is 3.74. The zero-order valence-electron chi connectivity index (χ0n) is 11.9. The van der Waals surface area contributed by atoms with Gasteiger partial charge in [-0.2, -0.15) is 0 Å². The Morgan fingerprint density at radius 3 is 2.61 bits per heavy atom. The molecule has 4 heteroatoms. The molecule has 4 nitrogen and oxygen atoms in total. The highest BCUT2D eigenvalue weighted by Crippen LogP contribution is 2.25. The van der Waals surface area contributed by atoms with Gasteiger partial charge in [-0.25, -0.2) is 4.79 Å². The predicted octanol–water partition coefficient (Wildman–Crippen LogP) is 2.53. The van der Waals surface area contributed by atoms with Gasteiger partial charge in [0.2, 0.25) is 0 Å². The third kappa shape index (κ3) is 3.37. The molecule has 0 aromatic rings. The van der Waals surface area contributed by atoms with E-state index in [9.17, 15) is 4.79 Å². The van der Waals surface area contributed by atoms with Gasteiger partial charge in [0.05, 0.1) is 6.04 Å². The number of ether oxygens (including phenoxy) is 1. The fourth-order valence-electron chi connectivity index (χ4n) is 2.96. The molecule has 2 saturated heterocycles. The minimum atomic E-state index is -0.401. The monoisotopic (exact) mass is 254 g/mol. The van der Waals surface area contributed by atoms with E-state index >= 15 is 0 Å². The van der Waals surface area contributed by atoms with Gasteiger partial charge in [-0.3, -0.25) is 0 Å². The molecule has 2 unspecified atom stereocenters. The summed E-state index contributed by atoms with van der Waals surface area (Å²) in [7, 11) is 0. The smallest absolute Gasteiger partial charge is 0.410 e.